The van der Waals surface area contributed by atoms with E-state index in [1.807, 2.05) is 7.05 Å². The summed E-state index contributed by atoms with van der Waals surface area (Å²) in [6, 6.07) is 0. The molecule has 2 N–H and O–H groups in total. The molecule has 22 heavy (non-hydrogen) atoms. The maximum absolute atomic E-state index is 3.50. The van der Waals surface area contributed by atoms with Gasteiger partial charge in [0, 0.05) is 58.9 Å². The zero-order valence-corrected chi connectivity index (χ0v) is 14.8. The molecule has 0 aliphatic carbocycles. The third-order valence-electron chi connectivity index (χ3n) is 5.29. The monoisotopic (exact) mass is 311 g/mol. The molecule has 2 fully saturated rings. The third-order valence-corrected chi connectivity index (χ3v) is 5.29. The molecule has 0 aromatic heterocycles. The molecule has 2 rings (SSSR count). The lowest BCUT2D eigenvalue weighted by Gasteiger charge is -2.38. The number of nitrogens with one attached hydrogen (secondary N) is 2. The van der Waals surface area contributed by atoms with Gasteiger partial charge in [-0.05, 0) is 45.4 Å². The maximum atomic E-state index is 3.50. The number of likely N-dealkylation sites (N-methyl/N-ethyl adjacent to an activating group) is 1. The van der Waals surface area contributed by atoms with Gasteiger partial charge >= 0.3 is 0 Å². The number of hydrogen-bond acceptors (Lipinski definition) is 5. The second-order valence-corrected chi connectivity index (χ2v) is 6.87. The molecule has 0 spiro atoms. The molecule has 130 valence electrons. The van der Waals surface area contributed by atoms with Crippen LogP contribution in [0, 0.1) is 5.92 Å². The summed E-state index contributed by atoms with van der Waals surface area (Å²) in [6.07, 6.45) is 2.81. The van der Waals surface area contributed by atoms with E-state index >= 15 is 0 Å². The first-order valence-corrected chi connectivity index (χ1v) is 9.34. The molecule has 2 saturated heterocycles. The first kappa shape index (κ1) is 18.1. The number of likely N-dealkylation sites (tertiary alicyclic amines) is 1. The van der Waals surface area contributed by atoms with Crippen LogP contribution in [-0.2, 0) is 0 Å². The Labute approximate surface area is 137 Å². The zero-order chi connectivity index (χ0) is 15.6. The fourth-order valence-electron chi connectivity index (χ4n) is 3.62. The summed E-state index contributed by atoms with van der Waals surface area (Å²) < 4.78 is 0. The molecule has 2 aliphatic heterocycles. The van der Waals surface area contributed by atoms with Crippen LogP contribution in [0.4, 0.5) is 0 Å². The second-order valence-electron chi connectivity index (χ2n) is 6.87. The molecular weight excluding hydrogens is 274 g/mol. The van der Waals surface area contributed by atoms with E-state index in [1.54, 1.807) is 0 Å². The topological polar surface area (TPSA) is 33.8 Å². The van der Waals surface area contributed by atoms with Gasteiger partial charge in [0.1, 0.15) is 0 Å². The summed E-state index contributed by atoms with van der Waals surface area (Å²) in [5, 5.41) is 6.67. The number of piperazine rings is 1. The van der Waals surface area contributed by atoms with Crippen molar-refractivity contribution in [3.63, 3.8) is 0 Å². The van der Waals surface area contributed by atoms with Crippen LogP contribution < -0.4 is 10.6 Å². The predicted octanol–water partition coefficient (Wildman–Crippen LogP) is 0.145. The molecule has 0 radical (unpaired) electrons. The Morgan fingerprint density at radius 3 is 2.14 bits per heavy atom. The number of piperidine rings is 1. The molecule has 2 aliphatic rings. The smallest absolute Gasteiger partial charge is 0.0110 e. The lowest BCUT2D eigenvalue weighted by atomic mass is 9.96. The van der Waals surface area contributed by atoms with E-state index in [0.717, 1.165) is 25.6 Å². The van der Waals surface area contributed by atoms with Crippen LogP contribution in [0.25, 0.3) is 0 Å². The van der Waals surface area contributed by atoms with Gasteiger partial charge in [0.25, 0.3) is 0 Å². The molecule has 0 atom stereocenters. The summed E-state index contributed by atoms with van der Waals surface area (Å²) in [7, 11) is 2.01. The van der Waals surface area contributed by atoms with Crippen LogP contribution in [0.3, 0.4) is 0 Å². The van der Waals surface area contributed by atoms with Crippen molar-refractivity contribution in [3.05, 3.63) is 0 Å². The highest BCUT2D eigenvalue weighted by Crippen LogP contribution is 2.18. The van der Waals surface area contributed by atoms with E-state index in [1.165, 1.54) is 71.7 Å². The van der Waals surface area contributed by atoms with E-state index in [0.29, 0.717) is 0 Å². The first-order valence-electron chi connectivity index (χ1n) is 9.34. The first-order chi connectivity index (χ1) is 10.8. The fourth-order valence-corrected chi connectivity index (χ4v) is 3.62. The van der Waals surface area contributed by atoms with Crippen LogP contribution in [-0.4, -0.2) is 100 Å². The minimum absolute atomic E-state index is 0.942. The van der Waals surface area contributed by atoms with E-state index < -0.39 is 0 Å². The number of rotatable bonds is 9. The maximum Gasteiger partial charge on any atom is 0.0110 e. The minimum Gasteiger partial charge on any atom is -0.318 e. The Morgan fingerprint density at radius 1 is 0.818 bits per heavy atom. The van der Waals surface area contributed by atoms with Crippen molar-refractivity contribution in [2.24, 2.45) is 5.92 Å². The summed E-state index contributed by atoms with van der Waals surface area (Å²) in [4.78, 5) is 7.91. The lowest BCUT2D eigenvalue weighted by Crippen LogP contribution is -2.50. The number of hydrogen-bond donors (Lipinski definition) is 2. The van der Waals surface area contributed by atoms with Crippen molar-refractivity contribution < 1.29 is 0 Å². The van der Waals surface area contributed by atoms with Gasteiger partial charge in [-0.25, -0.2) is 0 Å². The molecule has 0 saturated carbocycles. The highest BCUT2D eigenvalue weighted by molar-refractivity contribution is 4.78. The molecular formula is C17H37N5. The molecule has 5 heteroatoms. The minimum atomic E-state index is 0.942. The van der Waals surface area contributed by atoms with Gasteiger partial charge in [-0.1, -0.05) is 6.92 Å². The van der Waals surface area contributed by atoms with Crippen molar-refractivity contribution in [2.75, 3.05) is 85.6 Å². The van der Waals surface area contributed by atoms with Crippen LogP contribution in [0.5, 0.6) is 0 Å². The van der Waals surface area contributed by atoms with E-state index in [2.05, 4.69) is 32.3 Å². The zero-order valence-electron chi connectivity index (χ0n) is 14.8. The van der Waals surface area contributed by atoms with Crippen LogP contribution in [0.2, 0.25) is 0 Å². The van der Waals surface area contributed by atoms with Crippen LogP contribution in [0.15, 0.2) is 0 Å². The summed E-state index contributed by atoms with van der Waals surface area (Å²) >= 11 is 0. The molecule has 0 aromatic carbocycles. The fraction of sp³-hybridized carbons (Fsp3) is 1.00. The largest absolute Gasteiger partial charge is 0.318 e. The molecule has 2 heterocycles. The van der Waals surface area contributed by atoms with E-state index in [-0.39, 0.29) is 0 Å². The quantitative estimate of drug-likeness (QED) is 0.592. The van der Waals surface area contributed by atoms with Gasteiger partial charge in [0.15, 0.2) is 0 Å². The van der Waals surface area contributed by atoms with Crippen molar-refractivity contribution in [2.45, 2.75) is 19.8 Å². The summed E-state index contributed by atoms with van der Waals surface area (Å²) in [5.74, 6) is 0.942. The van der Waals surface area contributed by atoms with Crippen molar-refractivity contribution >= 4 is 0 Å². The summed E-state index contributed by atoms with van der Waals surface area (Å²) in [6.45, 7) is 17.0. The third kappa shape index (κ3) is 6.50. The van der Waals surface area contributed by atoms with Gasteiger partial charge in [-0.2, -0.15) is 0 Å². The Kier molecular flexibility index (Phi) is 8.70. The molecule has 5 nitrogen and oxygen atoms in total. The van der Waals surface area contributed by atoms with E-state index in [9.17, 15) is 0 Å². The Balaban J connectivity index is 1.52. The molecule has 0 unspecified atom stereocenters. The SMILES string of the molecule is CCN1CCC(CN2CCN(CCNCCNC)CC2)CC1. The Bertz CT molecular complexity index is 270. The highest BCUT2D eigenvalue weighted by Gasteiger charge is 2.23. The van der Waals surface area contributed by atoms with Gasteiger partial charge in [0.05, 0.1) is 0 Å². The second kappa shape index (κ2) is 10.6. The number of nitrogens with zero attached hydrogens (tertiary/aromatic N) is 3. The highest BCUT2D eigenvalue weighted by atomic mass is 15.3. The molecule has 0 bridgehead atoms. The van der Waals surface area contributed by atoms with Gasteiger partial charge < -0.3 is 20.4 Å². The van der Waals surface area contributed by atoms with Gasteiger partial charge in [-0.15, -0.1) is 0 Å². The van der Waals surface area contributed by atoms with Gasteiger partial charge in [0.2, 0.25) is 0 Å². The predicted molar refractivity (Wildman–Crippen MR) is 94.5 cm³/mol. The molecule has 0 aromatic rings. The van der Waals surface area contributed by atoms with Crippen LogP contribution in [0.1, 0.15) is 19.8 Å². The summed E-state index contributed by atoms with van der Waals surface area (Å²) in [5.41, 5.74) is 0. The average Bonchev–Trinajstić information content (AvgIpc) is 2.57. The lowest BCUT2D eigenvalue weighted by molar-refractivity contribution is 0.0967. The van der Waals surface area contributed by atoms with Gasteiger partial charge in [-0.3, -0.25) is 4.90 Å². The Morgan fingerprint density at radius 2 is 1.50 bits per heavy atom. The van der Waals surface area contributed by atoms with Crippen molar-refractivity contribution in [1.29, 1.82) is 0 Å². The normalized spacial score (nSPS) is 23.2. The van der Waals surface area contributed by atoms with Crippen molar-refractivity contribution in [3.8, 4) is 0 Å². The molecule has 0 amide bonds. The van der Waals surface area contributed by atoms with Crippen molar-refractivity contribution in [1.82, 2.24) is 25.3 Å². The van der Waals surface area contributed by atoms with Crippen LogP contribution >= 0.6 is 0 Å². The Hall–Kier alpha value is -0.200. The average molecular weight is 312 g/mol. The standard InChI is InChI=1S/C17H37N5/c1-3-20-9-4-17(5-10-20)16-22-14-12-21(13-15-22)11-8-19-7-6-18-2/h17-19H,3-16H2,1-2H3. The van der Waals surface area contributed by atoms with E-state index in [4.69, 9.17) is 0 Å².